The minimum atomic E-state index is 0.757. The highest BCUT2D eigenvalue weighted by atomic mass is 14.3. The lowest BCUT2D eigenvalue weighted by atomic mass is 9.78. The predicted octanol–water partition coefficient (Wildman–Crippen LogP) is 6.77. The molecule has 1 aliphatic rings. The fraction of sp³-hybridized carbons (Fsp3) is 0.391. The number of aryl methyl sites for hydroxylation is 1. The first kappa shape index (κ1) is 16.1. The van der Waals surface area contributed by atoms with E-state index in [0.717, 1.165) is 18.3 Å². The van der Waals surface area contributed by atoms with Crippen molar-refractivity contribution in [1.29, 1.82) is 0 Å². The van der Waals surface area contributed by atoms with Crippen molar-refractivity contribution in [3.05, 3.63) is 71.8 Å². The van der Waals surface area contributed by atoms with Gasteiger partial charge in [-0.15, -0.1) is 0 Å². The lowest BCUT2D eigenvalue weighted by Gasteiger charge is -2.27. The molecule has 2 aromatic carbocycles. The number of allylic oxidation sites excluding steroid dienone is 2. The lowest BCUT2D eigenvalue weighted by molar-refractivity contribution is 0.376. The largest absolute Gasteiger partial charge is 0.0914 e. The van der Waals surface area contributed by atoms with E-state index in [2.05, 4.69) is 74.5 Å². The second-order valence-electron chi connectivity index (χ2n) is 6.81. The molecule has 2 aromatic rings. The van der Waals surface area contributed by atoms with Crippen LogP contribution in [0.3, 0.4) is 0 Å². The van der Waals surface area contributed by atoms with Crippen LogP contribution in [0.5, 0.6) is 0 Å². The van der Waals surface area contributed by atoms with E-state index < -0.39 is 0 Å². The van der Waals surface area contributed by atoms with Crippen LogP contribution in [0.25, 0.3) is 11.1 Å². The third-order valence-corrected chi connectivity index (χ3v) is 5.31. The van der Waals surface area contributed by atoms with Crippen molar-refractivity contribution < 1.29 is 0 Å². The van der Waals surface area contributed by atoms with Crippen molar-refractivity contribution in [2.75, 3.05) is 0 Å². The van der Waals surface area contributed by atoms with Gasteiger partial charge < -0.3 is 0 Å². The Morgan fingerprint density at radius 1 is 0.826 bits per heavy atom. The van der Waals surface area contributed by atoms with Crippen LogP contribution >= 0.6 is 0 Å². The van der Waals surface area contributed by atoms with Crippen LogP contribution in [-0.4, -0.2) is 0 Å². The molecule has 0 amide bonds. The highest BCUT2D eigenvalue weighted by Gasteiger charge is 2.20. The minimum Gasteiger partial charge on any atom is -0.0914 e. The number of rotatable bonds is 4. The molecule has 0 heterocycles. The van der Waals surface area contributed by atoms with E-state index in [9.17, 15) is 0 Å². The molecule has 0 unspecified atom stereocenters. The van der Waals surface area contributed by atoms with E-state index in [1.54, 1.807) is 0 Å². The molecule has 0 atom stereocenters. The van der Waals surface area contributed by atoms with Gasteiger partial charge >= 0.3 is 0 Å². The summed E-state index contributed by atoms with van der Waals surface area (Å²) in [5.74, 6) is 1.57. The monoisotopic (exact) mass is 304 g/mol. The zero-order valence-electron chi connectivity index (χ0n) is 14.5. The Morgan fingerprint density at radius 3 is 1.91 bits per heavy atom. The summed E-state index contributed by atoms with van der Waals surface area (Å²) in [4.78, 5) is 0. The Labute approximate surface area is 141 Å². The van der Waals surface area contributed by atoms with Gasteiger partial charge in [-0.1, -0.05) is 67.6 Å². The van der Waals surface area contributed by atoms with Gasteiger partial charge in [-0.25, -0.2) is 0 Å². The van der Waals surface area contributed by atoms with Crippen molar-refractivity contribution in [2.24, 2.45) is 5.92 Å². The van der Waals surface area contributed by atoms with Crippen molar-refractivity contribution >= 4 is 0 Å². The Hall–Kier alpha value is -1.82. The molecule has 0 bridgehead atoms. The van der Waals surface area contributed by atoms with E-state index in [0.29, 0.717) is 0 Å². The molecule has 1 saturated carbocycles. The average Bonchev–Trinajstić information content (AvgIpc) is 2.63. The number of hydrogen-bond donors (Lipinski definition) is 0. The molecule has 1 fully saturated rings. The smallest absolute Gasteiger partial charge is 0.0162 e. The molecule has 0 aliphatic heterocycles. The quantitative estimate of drug-likeness (QED) is 0.547. The molecule has 3 rings (SSSR count). The maximum absolute atomic E-state index is 2.39. The second-order valence-corrected chi connectivity index (χ2v) is 6.81. The van der Waals surface area contributed by atoms with Crippen LogP contribution in [0, 0.1) is 5.92 Å². The zero-order chi connectivity index (χ0) is 16.1. The van der Waals surface area contributed by atoms with Crippen LogP contribution in [0.4, 0.5) is 0 Å². The molecule has 0 radical (unpaired) electrons. The molecule has 0 saturated heterocycles. The van der Waals surface area contributed by atoms with Gasteiger partial charge in [0.15, 0.2) is 0 Å². The summed E-state index contributed by atoms with van der Waals surface area (Å²) in [6.07, 6.45) is 11.1. The first-order valence-corrected chi connectivity index (χ1v) is 9.12. The first-order valence-electron chi connectivity index (χ1n) is 9.12. The van der Waals surface area contributed by atoms with Crippen LogP contribution in [0.15, 0.2) is 60.7 Å². The van der Waals surface area contributed by atoms with Gasteiger partial charge in [0.05, 0.1) is 0 Å². The molecule has 0 nitrogen and oxygen atoms in total. The van der Waals surface area contributed by atoms with Crippen molar-refractivity contribution in [3.63, 3.8) is 0 Å². The molecular weight excluding hydrogens is 276 g/mol. The molecule has 1 aliphatic carbocycles. The SMILES string of the molecule is C/C=C/C1CCC(c2ccc(-c3ccc(CC)cc3)cc2)CC1. The topological polar surface area (TPSA) is 0 Å². The van der Waals surface area contributed by atoms with E-state index in [1.807, 2.05) is 0 Å². The fourth-order valence-corrected chi connectivity index (χ4v) is 3.80. The van der Waals surface area contributed by atoms with Gasteiger partial charge in [0, 0.05) is 0 Å². The Balaban J connectivity index is 1.67. The lowest BCUT2D eigenvalue weighted by Crippen LogP contribution is -2.11. The van der Waals surface area contributed by atoms with E-state index in [1.165, 1.54) is 47.9 Å². The molecule has 120 valence electrons. The highest BCUT2D eigenvalue weighted by molar-refractivity contribution is 5.64. The summed E-state index contributed by atoms with van der Waals surface area (Å²) in [6, 6.07) is 18.3. The van der Waals surface area contributed by atoms with Crippen LogP contribution in [0.1, 0.15) is 56.6 Å². The number of benzene rings is 2. The Kier molecular flexibility index (Phi) is 5.33. The van der Waals surface area contributed by atoms with E-state index in [-0.39, 0.29) is 0 Å². The van der Waals surface area contributed by atoms with Gasteiger partial charge in [-0.3, -0.25) is 0 Å². The molecular formula is C23H28. The normalized spacial score (nSPS) is 21.7. The Morgan fingerprint density at radius 2 is 1.39 bits per heavy atom. The summed E-state index contributed by atoms with van der Waals surface area (Å²) in [5.41, 5.74) is 5.59. The van der Waals surface area contributed by atoms with Crippen LogP contribution in [-0.2, 0) is 6.42 Å². The molecule has 0 N–H and O–H groups in total. The summed E-state index contributed by atoms with van der Waals surface area (Å²) in [7, 11) is 0. The fourth-order valence-electron chi connectivity index (χ4n) is 3.80. The second kappa shape index (κ2) is 7.64. The maximum atomic E-state index is 2.39. The standard InChI is InChI=1S/C23H28/c1-3-5-19-8-12-21(13-9-19)23-16-14-22(15-17-23)20-10-6-18(4-2)7-11-20/h3,5-7,10-11,14-17,19,21H,4,8-9,12-13H2,1-2H3/b5-3+. The maximum Gasteiger partial charge on any atom is -0.0162 e. The average molecular weight is 304 g/mol. The first-order chi connectivity index (χ1) is 11.3. The summed E-state index contributed by atoms with van der Waals surface area (Å²) in [6.45, 7) is 4.34. The van der Waals surface area contributed by atoms with Gasteiger partial charge in [-0.2, -0.15) is 0 Å². The Bertz CT molecular complexity index is 623. The van der Waals surface area contributed by atoms with Gasteiger partial charge in [0.25, 0.3) is 0 Å². The summed E-state index contributed by atoms with van der Waals surface area (Å²) >= 11 is 0. The van der Waals surface area contributed by atoms with Crippen molar-refractivity contribution in [1.82, 2.24) is 0 Å². The third kappa shape index (κ3) is 3.93. The van der Waals surface area contributed by atoms with Crippen molar-refractivity contribution in [3.8, 4) is 11.1 Å². The summed E-state index contributed by atoms with van der Waals surface area (Å²) in [5, 5.41) is 0. The van der Waals surface area contributed by atoms with Gasteiger partial charge in [0.1, 0.15) is 0 Å². The predicted molar refractivity (Wildman–Crippen MR) is 101 cm³/mol. The van der Waals surface area contributed by atoms with Crippen molar-refractivity contribution in [2.45, 2.75) is 51.9 Å². The van der Waals surface area contributed by atoms with Crippen LogP contribution in [0.2, 0.25) is 0 Å². The third-order valence-electron chi connectivity index (χ3n) is 5.31. The van der Waals surface area contributed by atoms with E-state index >= 15 is 0 Å². The highest BCUT2D eigenvalue weighted by Crippen LogP contribution is 2.36. The van der Waals surface area contributed by atoms with E-state index in [4.69, 9.17) is 0 Å². The summed E-state index contributed by atoms with van der Waals surface area (Å²) < 4.78 is 0. The molecule has 0 heteroatoms. The van der Waals surface area contributed by atoms with Gasteiger partial charge in [-0.05, 0) is 73.1 Å². The van der Waals surface area contributed by atoms with Crippen LogP contribution < -0.4 is 0 Å². The van der Waals surface area contributed by atoms with Gasteiger partial charge in [0.2, 0.25) is 0 Å². The molecule has 0 aromatic heterocycles. The minimum absolute atomic E-state index is 0.757. The molecule has 0 spiro atoms. The number of hydrogen-bond acceptors (Lipinski definition) is 0. The zero-order valence-corrected chi connectivity index (χ0v) is 14.5. The molecule has 23 heavy (non-hydrogen) atoms.